The minimum atomic E-state index is 0.153. The van der Waals surface area contributed by atoms with Crippen LogP contribution in [0.5, 0.6) is 0 Å². The number of benzene rings is 1. The number of ether oxygens (including phenoxy) is 1. The molecule has 0 spiro atoms. The average Bonchev–Trinajstić information content (AvgIpc) is 2.69. The third-order valence-corrected chi connectivity index (χ3v) is 3.10. The van der Waals surface area contributed by atoms with E-state index in [1.54, 1.807) is 0 Å². The van der Waals surface area contributed by atoms with Crippen molar-refractivity contribution in [1.82, 2.24) is 4.98 Å². The van der Waals surface area contributed by atoms with E-state index in [0.29, 0.717) is 13.1 Å². The van der Waals surface area contributed by atoms with E-state index in [9.17, 15) is 4.79 Å². The van der Waals surface area contributed by atoms with Crippen LogP contribution in [0.3, 0.4) is 0 Å². The van der Waals surface area contributed by atoms with Crippen LogP contribution in [0, 0.1) is 0 Å². The van der Waals surface area contributed by atoms with Gasteiger partial charge in [0, 0.05) is 17.6 Å². The van der Waals surface area contributed by atoms with Gasteiger partial charge in [0.25, 0.3) is 6.47 Å². The standard InChI is InChI=1S/C15H19NO2/c1-15(2,3)12-5-4-11-8-13(6-7-18-10-17)16-14(11)9-12/h4-5,8-10,16H,6-7H2,1-3H3. The first-order valence-corrected chi connectivity index (χ1v) is 6.18. The molecule has 18 heavy (non-hydrogen) atoms. The molecule has 0 bridgehead atoms. The van der Waals surface area contributed by atoms with Crippen LogP contribution in [0.1, 0.15) is 32.0 Å². The van der Waals surface area contributed by atoms with Crippen molar-refractivity contribution in [1.29, 1.82) is 0 Å². The Morgan fingerprint density at radius 3 is 2.72 bits per heavy atom. The summed E-state index contributed by atoms with van der Waals surface area (Å²) in [4.78, 5) is 13.5. The Labute approximate surface area is 107 Å². The molecule has 2 aromatic rings. The van der Waals surface area contributed by atoms with Gasteiger partial charge in [-0.3, -0.25) is 4.79 Å². The summed E-state index contributed by atoms with van der Waals surface area (Å²) >= 11 is 0. The molecule has 3 heteroatoms. The van der Waals surface area contributed by atoms with E-state index in [1.165, 1.54) is 10.9 Å². The van der Waals surface area contributed by atoms with Gasteiger partial charge in [0.15, 0.2) is 0 Å². The van der Waals surface area contributed by atoms with E-state index < -0.39 is 0 Å². The largest absolute Gasteiger partial charge is 0.467 e. The Bertz CT molecular complexity index is 549. The first-order valence-electron chi connectivity index (χ1n) is 6.18. The first kappa shape index (κ1) is 12.7. The van der Waals surface area contributed by atoms with Gasteiger partial charge >= 0.3 is 0 Å². The molecule has 1 N–H and O–H groups in total. The van der Waals surface area contributed by atoms with Crippen LogP contribution in [0.25, 0.3) is 10.9 Å². The molecule has 1 aromatic carbocycles. The first-order chi connectivity index (χ1) is 8.50. The number of carbonyl (C=O) groups excluding carboxylic acids is 1. The zero-order valence-corrected chi connectivity index (χ0v) is 11.1. The number of H-pyrrole nitrogens is 1. The van der Waals surface area contributed by atoms with Crippen LogP contribution in [0.15, 0.2) is 24.3 Å². The van der Waals surface area contributed by atoms with Crippen molar-refractivity contribution in [3.05, 3.63) is 35.5 Å². The fourth-order valence-electron chi connectivity index (χ4n) is 2.01. The molecule has 0 radical (unpaired) electrons. The van der Waals surface area contributed by atoms with Crippen molar-refractivity contribution in [2.45, 2.75) is 32.6 Å². The Balaban J connectivity index is 2.25. The Hall–Kier alpha value is -1.77. The Morgan fingerprint density at radius 1 is 1.28 bits per heavy atom. The van der Waals surface area contributed by atoms with Crippen LogP contribution in [0.2, 0.25) is 0 Å². The average molecular weight is 245 g/mol. The van der Waals surface area contributed by atoms with Gasteiger partial charge in [-0.2, -0.15) is 0 Å². The SMILES string of the molecule is CC(C)(C)c1ccc2cc(CCOC=O)[nH]c2c1. The van der Waals surface area contributed by atoms with Crippen molar-refractivity contribution in [3.63, 3.8) is 0 Å². The zero-order valence-electron chi connectivity index (χ0n) is 11.1. The molecule has 3 nitrogen and oxygen atoms in total. The molecule has 1 heterocycles. The number of aromatic nitrogens is 1. The van der Waals surface area contributed by atoms with Gasteiger partial charge in [0.1, 0.15) is 0 Å². The Morgan fingerprint density at radius 2 is 2.06 bits per heavy atom. The highest BCUT2D eigenvalue weighted by Crippen LogP contribution is 2.26. The van der Waals surface area contributed by atoms with Crippen molar-refractivity contribution >= 4 is 17.4 Å². The third kappa shape index (κ3) is 2.73. The van der Waals surface area contributed by atoms with Crippen LogP contribution in [-0.2, 0) is 21.4 Å². The third-order valence-electron chi connectivity index (χ3n) is 3.10. The van der Waals surface area contributed by atoms with Gasteiger partial charge in [-0.15, -0.1) is 0 Å². The minimum absolute atomic E-state index is 0.153. The molecular formula is C15H19NO2. The van der Waals surface area contributed by atoms with E-state index in [2.05, 4.69) is 50.0 Å². The number of nitrogens with one attached hydrogen (secondary N) is 1. The van der Waals surface area contributed by atoms with Crippen molar-refractivity contribution < 1.29 is 9.53 Å². The summed E-state index contributed by atoms with van der Waals surface area (Å²) in [5.74, 6) is 0. The highest BCUT2D eigenvalue weighted by Gasteiger charge is 2.14. The summed E-state index contributed by atoms with van der Waals surface area (Å²) in [6.07, 6.45) is 0.721. The zero-order chi connectivity index (χ0) is 13.2. The second kappa shape index (κ2) is 4.84. The smallest absolute Gasteiger partial charge is 0.293 e. The highest BCUT2D eigenvalue weighted by atomic mass is 16.5. The quantitative estimate of drug-likeness (QED) is 0.664. The van der Waals surface area contributed by atoms with Crippen LogP contribution >= 0.6 is 0 Å². The molecule has 0 unspecified atom stereocenters. The molecule has 1 aromatic heterocycles. The van der Waals surface area contributed by atoms with E-state index in [0.717, 1.165) is 17.6 Å². The molecule has 96 valence electrons. The number of carbonyl (C=O) groups is 1. The summed E-state index contributed by atoms with van der Waals surface area (Å²) in [6.45, 7) is 7.52. The van der Waals surface area contributed by atoms with Gasteiger partial charge in [-0.05, 0) is 28.5 Å². The second-order valence-electron chi connectivity index (χ2n) is 5.56. The maximum Gasteiger partial charge on any atom is 0.293 e. The lowest BCUT2D eigenvalue weighted by Gasteiger charge is -2.18. The van der Waals surface area contributed by atoms with Gasteiger partial charge in [0.2, 0.25) is 0 Å². The number of hydrogen-bond donors (Lipinski definition) is 1. The van der Waals surface area contributed by atoms with Crippen LogP contribution in [0.4, 0.5) is 0 Å². The normalized spacial score (nSPS) is 11.7. The predicted octanol–water partition coefficient (Wildman–Crippen LogP) is 3.18. The lowest BCUT2D eigenvalue weighted by atomic mass is 9.87. The molecule has 2 rings (SSSR count). The second-order valence-corrected chi connectivity index (χ2v) is 5.56. The summed E-state index contributed by atoms with van der Waals surface area (Å²) in [5.41, 5.74) is 3.70. The lowest BCUT2D eigenvalue weighted by Crippen LogP contribution is -2.10. The summed E-state index contributed by atoms with van der Waals surface area (Å²) < 4.78 is 4.71. The fraction of sp³-hybridized carbons (Fsp3) is 0.400. The monoisotopic (exact) mass is 245 g/mol. The molecule has 0 saturated heterocycles. The van der Waals surface area contributed by atoms with Crippen molar-refractivity contribution in [2.24, 2.45) is 0 Å². The van der Waals surface area contributed by atoms with Crippen molar-refractivity contribution in [3.8, 4) is 0 Å². The number of hydrogen-bond acceptors (Lipinski definition) is 2. The van der Waals surface area contributed by atoms with Gasteiger partial charge < -0.3 is 9.72 Å². The van der Waals surface area contributed by atoms with Crippen molar-refractivity contribution in [2.75, 3.05) is 6.61 Å². The molecule has 0 aliphatic carbocycles. The van der Waals surface area contributed by atoms with Gasteiger partial charge in [-0.25, -0.2) is 0 Å². The predicted molar refractivity (Wildman–Crippen MR) is 72.7 cm³/mol. The maximum absolute atomic E-state index is 10.1. The maximum atomic E-state index is 10.1. The van der Waals surface area contributed by atoms with Gasteiger partial charge in [0.05, 0.1) is 6.61 Å². The van der Waals surface area contributed by atoms with Gasteiger partial charge in [-0.1, -0.05) is 32.9 Å². The van der Waals surface area contributed by atoms with Crippen LogP contribution in [-0.4, -0.2) is 18.1 Å². The molecule has 0 aliphatic rings. The molecule has 0 atom stereocenters. The van der Waals surface area contributed by atoms with E-state index in [1.807, 2.05) is 0 Å². The minimum Gasteiger partial charge on any atom is -0.467 e. The molecule has 0 aliphatic heterocycles. The van der Waals surface area contributed by atoms with E-state index in [-0.39, 0.29) is 5.41 Å². The molecular weight excluding hydrogens is 226 g/mol. The van der Waals surface area contributed by atoms with Crippen LogP contribution < -0.4 is 0 Å². The number of aromatic amines is 1. The molecule has 0 fully saturated rings. The summed E-state index contributed by atoms with van der Waals surface area (Å²) in [6, 6.07) is 8.60. The summed E-state index contributed by atoms with van der Waals surface area (Å²) in [5, 5.41) is 1.20. The Kier molecular flexibility index (Phi) is 3.41. The van der Waals surface area contributed by atoms with E-state index >= 15 is 0 Å². The molecule has 0 saturated carbocycles. The number of rotatable bonds is 4. The van der Waals surface area contributed by atoms with E-state index in [4.69, 9.17) is 4.74 Å². The summed E-state index contributed by atoms with van der Waals surface area (Å²) in [7, 11) is 0. The number of fused-ring (bicyclic) bond motifs is 1. The fourth-order valence-corrected chi connectivity index (χ4v) is 2.01. The topological polar surface area (TPSA) is 42.1 Å². The highest BCUT2D eigenvalue weighted by molar-refractivity contribution is 5.81. The molecule has 0 amide bonds. The lowest BCUT2D eigenvalue weighted by molar-refractivity contribution is -0.128.